The number of thioether (sulfide) groups is 1. The Bertz CT molecular complexity index is 410. The highest BCUT2D eigenvalue weighted by Gasteiger charge is 2.34. The second-order valence-corrected chi connectivity index (χ2v) is 5.43. The lowest BCUT2D eigenvalue weighted by Crippen LogP contribution is -2.22. The molecule has 0 N–H and O–H groups in total. The standard InChI is InChI=1S/C13H14O2S/c14-13(9-5-6-15-7-9)11-8-16-12-4-2-1-3-10(11)12/h1-4,9,11H,5-8H2. The van der Waals surface area contributed by atoms with Crippen LogP contribution >= 0.6 is 11.8 Å². The van der Waals surface area contributed by atoms with Crippen molar-refractivity contribution in [3.8, 4) is 0 Å². The van der Waals surface area contributed by atoms with Gasteiger partial charge in [0.1, 0.15) is 5.78 Å². The molecule has 2 aliphatic rings. The first kappa shape index (κ1) is 10.4. The highest BCUT2D eigenvalue weighted by molar-refractivity contribution is 7.99. The van der Waals surface area contributed by atoms with Gasteiger partial charge >= 0.3 is 0 Å². The molecule has 2 nitrogen and oxygen atoms in total. The summed E-state index contributed by atoms with van der Waals surface area (Å²) in [5.41, 5.74) is 1.23. The summed E-state index contributed by atoms with van der Waals surface area (Å²) >= 11 is 1.80. The Morgan fingerprint density at radius 3 is 3.06 bits per heavy atom. The number of fused-ring (bicyclic) bond motifs is 1. The topological polar surface area (TPSA) is 26.3 Å². The predicted octanol–water partition coefficient (Wildman–Crippen LogP) is 2.48. The summed E-state index contributed by atoms with van der Waals surface area (Å²) in [4.78, 5) is 13.6. The van der Waals surface area contributed by atoms with Gasteiger partial charge in [-0.05, 0) is 18.1 Å². The third-order valence-electron chi connectivity index (χ3n) is 3.38. The first-order valence-corrected chi connectivity index (χ1v) is 6.68. The number of rotatable bonds is 2. The average molecular weight is 234 g/mol. The number of carbonyl (C=O) groups is 1. The molecular weight excluding hydrogens is 220 g/mol. The first-order valence-electron chi connectivity index (χ1n) is 5.69. The molecule has 0 aromatic heterocycles. The Morgan fingerprint density at radius 1 is 1.38 bits per heavy atom. The summed E-state index contributed by atoms with van der Waals surface area (Å²) in [6.07, 6.45) is 0.905. The monoisotopic (exact) mass is 234 g/mol. The van der Waals surface area contributed by atoms with Gasteiger partial charge in [-0.3, -0.25) is 4.79 Å². The van der Waals surface area contributed by atoms with Gasteiger partial charge in [0, 0.05) is 23.2 Å². The fraction of sp³-hybridized carbons (Fsp3) is 0.462. The maximum atomic E-state index is 12.3. The quantitative estimate of drug-likeness (QED) is 0.786. The number of ketones is 1. The van der Waals surface area contributed by atoms with Gasteiger partial charge in [-0.1, -0.05) is 18.2 Å². The Balaban J connectivity index is 1.84. The summed E-state index contributed by atoms with van der Waals surface area (Å²) in [6, 6.07) is 8.26. The van der Waals surface area contributed by atoms with Gasteiger partial charge in [0.25, 0.3) is 0 Å². The van der Waals surface area contributed by atoms with E-state index in [9.17, 15) is 4.79 Å². The molecular formula is C13H14O2S. The van der Waals surface area contributed by atoms with Crippen LogP contribution in [0.25, 0.3) is 0 Å². The van der Waals surface area contributed by atoms with Crippen LogP contribution in [0.15, 0.2) is 29.2 Å². The summed E-state index contributed by atoms with van der Waals surface area (Å²) < 4.78 is 5.30. The normalized spacial score (nSPS) is 28.0. The number of Topliss-reactive ketones (excluding diaryl/α,β-unsaturated/α-hetero) is 1. The zero-order chi connectivity index (χ0) is 11.0. The van der Waals surface area contributed by atoms with E-state index >= 15 is 0 Å². The molecule has 1 fully saturated rings. The van der Waals surface area contributed by atoms with Crippen molar-refractivity contribution in [2.24, 2.45) is 5.92 Å². The second-order valence-electron chi connectivity index (χ2n) is 4.36. The highest BCUT2D eigenvalue weighted by Crippen LogP contribution is 2.41. The fourth-order valence-corrected chi connectivity index (χ4v) is 3.68. The summed E-state index contributed by atoms with van der Waals surface area (Å²) in [6.45, 7) is 1.38. The Hall–Kier alpha value is -0.800. The number of carbonyl (C=O) groups excluding carboxylic acids is 1. The van der Waals surface area contributed by atoms with Crippen LogP contribution < -0.4 is 0 Å². The maximum Gasteiger partial charge on any atom is 0.146 e. The van der Waals surface area contributed by atoms with E-state index < -0.39 is 0 Å². The zero-order valence-electron chi connectivity index (χ0n) is 9.02. The van der Waals surface area contributed by atoms with E-state index in [0.29, 0.717) is 12.4 Å². The highest BCUT2D eigenvalue weighted by atomic mass is 32.2. The van der Waals surface area contributed by atoms with Crippen LogP contribution in [0.2, 0.25) is 0 Å². The zero-order valence-corrected chi connectivity index (χ0v) is 9.83. The minimum atomic E-state index is 0.105. The van der Waals surface area contributed by atoms with Crippen molar-refractivity contribution in [3.05, 3.63) is 29.8 Å². The Morgan fingerprint density at radius 2 is 2.25 bits per heavy atom. The van der Waals surface area contributed by atoms with E-state index in [-0.39, 0.29) is 11.8 Å². The van der Waals surface area contributed by atoms with Crippen LogP contribution in [0.3, 0.4) is 0 Å². The lowest BCUT2D eigenvalue weighted by molar-refractivity contribution is -0.123. The lowest BCUT2D eigenvalue weighted by Gasteiger charge is -2.13. The van der Waals surface area contributed by atoms with Crippen LogP contribution in [-0.4, -0.2) is 24.7 Å². The molecule has 1 aromatic carbocycles. The van der Waals surface area contributed by atoms with Crippen LogP contribution in [0, 0.1) is 5.92 Å². The summed E-state index contributed by atoms with van der Waals surface area (Å²) in [5.74, 6) is 1.54. The minimum absolute atomic E-state index is 0.105. The molecule has 84 valence electrons. The van der Waals surface area contributed by atoms with Gasteiger partial charge in [-0.2, -0.15) is 0 Å². The second kappa shape index (κ2) is 4.22. The van der Waals surface area contributed by atoms with Gasteiger partial charge < -0.3 is 4.74 Å². The number of ether oxygens (including phenoxy) is 1. The SMILES string of the molecule is O=C(C1CCOC1)C1CSc2ccccc21. The third-order valence-corrected chi connectivity index (χ3v) is 4.56. The van der Waals surface area contributed by atoms with Gasteiger partial charge in [0.05, 0.1) is 12.5 Å². The van der Waals surface area contributed by atoms with Crippen LogP contribution in [0.1, 0.15) is 17.9 Å². The molecule has 2 atom stereocenters. The van der Waals surface area contributed by atoms with Crippen molar-refractivity contribution in [2.75, 3.05) is 19.0 Å². The van der Waals surface area contributed by atoms with Crippen molar-refractivity contribution >= 4 is 17.5 Å². The number of hydrogen-bond donors (Lipinski definition) is 0. The van der Waals surface area contributed by atoms with E-state index in [0.717, 1.165) is 18.8 Å². The molecule has 0 amide bonds. The first-order chi connectivity index (χ1) is 7.86. The molecule has 1 saturated heterocycles. The largest absolute Gasteiger partial charge is 0.381 e. The van der Waals surface area contributed by atoms with Crippen molar-refractivity contribution < 1.29 is 9.53 Å². The molecule has 0 spiro atoms. The predicted molar refractivity (Wildman–Crippen MR) is 63.8 cm³/mol. The Kier molecular flexibility index (Phi) is 2.74. The maximum absolute atomic E-state index is 12.3. The molecule has 0 bridgehead atoms. The van der Waals surface area contributed by atoms with Gasteiger partial charge in [0.15, 0.2) is 0 Å². The van der Waals surface area contributed by atoms with Gasteiger partial charge in [-0.25, -0.2) is 0 Å². The number of hydrogen-bond acceptors (Lipinski definition) is 3. The van der Waals surface area contributed by atoms with E-state index in [4.69, 9.17) is 4.74 Å². The smallest absolute Gasteiger partial charge is 0.146 e. The van der Waals surface area contributed by atoms with Crippen LogP contribution in [-0.2, 0) is 9.53 Å². The molecule has 0 aliphatic carbocycles. The molecule has 0 saturated carbocycles. The minimum Gasteiger partial charge on any atom is -0.381 e. The van der Waals surface area contributed by atoms with Gasteiger partial charge in [-0.15, -0.1) is 11.8 Å². The average Bonchev–Trinajstić information content (AvgIpc) is 2.98. The molecule has 1 aromatic rings. The molecule has 2 unspecified atom stereocenters. The molecule has 3 heteroatoms. The van der Waals surface area contributed by atoms with E-state index in [1.54, 1.807) is 11.8 Å². The molecule has 2 aliphatic heterocycles. The van der Waals surface area contributed by atoms with E-state index in [1.165, 1.54) is 10.5 Å². The molecule has 16 heavy (non-hydrogen) atoms. The van der Waals surface area contributed by atoms with Gasteiger partial charge in [0.2, 0.25) is 0 Å². The molecule has 3 rings (SSSR count). The van der Waals surface area contributed by atoms with Crippen molar-refractivity contribution in [1.29, 1.82) is 0 Å². The summed E-state index contributed by atoms with van der Waals surface area (Å²) in [7, 11) is 0. The van der Waals surface area contributed by atoms with Crippen LogP contribution in [0.5, 0.6) is 0 Å². The lowest BCUT2D eigenvalue weighted by atomic mass is 9.88. The Labute approximate surface area is 99.4 Å². The van der Waals surface area contributed by atoms with Crippen molar-refractivity contribution in [2.45, 2.75) is 17.2 Å². The van der Waals surface area contributed by atoms with Crippen LogP contribution in [0.4, 0.5) is 0 Å². The third kappa shape index (κ3) is 1.68. The molecule has 0 radical (unpaired) electrons. The molecule has 2 heterocycles. The number of benzene rings is 1. The summed E-state index contributed by atoms with van der Waals surface area (Å²) in [5, 5.41) is 0. The fourth-order valence-electron chi connectivity index (χ4n) is 2.44. The van der Waals surface area contributed by atoms with E-state index in [2.05, 4.69) is 12.1 Å². The van der Waals surface area contributed by atoms with Crippen molar-refractivity contribution in [1.82, 2.24) is 0 Å². The van der Waals surface area contributed by atoms with Crippen molar-refractivity contribution in [3.63, 3.8) is 0 Å². The van der Waals surface area contributed by atoms with E-state index in [1.807, 2.05) is 12.1 Å².